The van der Waals surface area contributed by atoms with Crippen molar-refractivity contribution >= 4 is 23.5 Å². The third-order valence-electron chi connectivity index (χ3n) is 8.15. The lowest BCUT2D eigenvalue weighted by Crippen LogP contribution is -2.65. The van der Waals surface area contributed by atoms with Gasteiger partial charge in [-0.2, -0.15) is 0 Å². The zero-order chi connectivity index (χ0) is 25.1. The SMILES string of the molecule is C[C@]12CC3CC(NC(=O)Nc4ccc(C(=O)NCCCCCCC(=O)NO)cc4)(C1)C[C@@](C)(C3)C2. The summed E-state index contributed by atoms with van der Waals surface area (Å²) >= 11 is 0. The number of unbranched alkanes of at least 4 members (excludes halogenated alkanes) is 3. The van der Waals surface area contributed by atoms with Gasteiger partial charge in [0.1, 0.15) is 0 Å². The summed E-state index contributed by atoms with van der Waals surface area (Å²) in [7, 11) is 0. The zero-order valence-electron chi connectivity index (χ0n) is 21.0. The van der Waals surface area contributed by atoms with E-state index in [0.717, 1.165) is 38.5 Å². The van der Waals surface area contributed by atoms with Gasteiger partial charge in [0.05, 0.1) is 0 Å². The minimum Gasteiger partial charge on any atom is -0.352 e. The number of nitrogens with one attached hydrogen (secondary N) is 4. The second-order valence-corrected chi connectivity index (χ2v) is 12.0. The lowest BCUT2D eigenvalue weighted by atomic mass is 9.43. The fraction of sp³-hybridized carbons (Fsp3) is 0.667. The maximum atomic E-state index is 12.9. The molecule has 4 aliphatic rings. The van der Waals surface area contributed by atoms with Gasteiger partial charge in [-0.1, -0.05) is 26.7 Å². The van der Waals surface area contributed by atoms with Crippen LogP contribution in [0.3, 0.4) is 0 Å². The second kappa shape index (κ2) is 10.2. The smallest absolute Gasteiger partial charge is 0.319 e. The summed E-state index contributed by atoms with van der Waals surface area (Å²) in [5, 5.41) is 17.7. The van der Waals surface area contributed by atoms with Crippen LogP contribution in [0.25, 0.3) is 0 Å². The molecule has 4 atom stereocenters. The van der Waals surface area contributed by atoms with Crippen molar-refractivity contribution < 1.29 is 19.6 Å². The molecule has 0 aliphatic heterocycles. The van der Waals surface area contributed by atoms with E-state index < -0.39 is 0 Å². The Bertz CT molecular complexity index is 929. The number of amides is 4. The number of carbonyl (C=O) groups is 3. The van der Waals surface area contributed by atoms with Gasteiger partial charge in [0.2, 0.25) is 5.91 Å². The predicted octanol–water partition coefficient (Wildman–Crippen LogP) is 4.74. The summed E-state index contributed by atoms with van der Waals surface area (Å²) in [6.45, 7) is 5.36. The molecule has 0 spiro atoms. The fourth-order valence-corrected chi connectivity index (χ4v) is 7.82. The van der Waals surface area contributed by atoms with E-state index >= 15 is 0 Å². The summed E-state index contributed by atoms with van der Waals surface area (Å²) in [6, 6.07) is 6.83. The van der Waals surface area contributed by atoms with Crippen molar-refractivity contribution in [3.05, 3.63) is 29.8 Å². The van der Waals surface area contributed by atoms with Crippen LogP contribution in [0.15, 0.2) is 24.3 Å². The molecule has 0 radical (unpaired) electrons. The van der Waals surface area contributed by atoms with Crippen LogP contribution in [-0.4, -0.2) is 35.1 Å². The van der Waals surface area contributed by atoms with E-state index in [1.165, 1.54) is 19.3 Å². The van der Waals surface area contributed by atoms with Crippen LogP contribution in [0.2, 0.25) is 0 Å². The molecule has 8 nitrogen and oxygen atoms in total. The first-order valence-electron chi connectivity index (χ1n) is 13.0. The summed E-state index contributed by atoms with van der Waals surface area (Å²) in [5.74, 6) is 0.202. The van der Waals surface area contributed by atoms with Crippen LogP contribution in [0, 0.1) is 16.7 Å². The molecule has 35 heavy (non-hydrogen) atoms. The first-order valence-corrected chi connectivity index (χ1v) is 13.0. The van der Waals surface area contributed by atoms with Gasteiger partial charge in [0.15, 0.2) is 0 Å². The van der Waals surface area contributed by atoms with E-state index in [-0.39, 0.29) is 23.4 Å². The van der Waals surface area contributed by atoms with Gasteiger partial charge in [0.25, 0.3) is 5.91 Å². The number of rotatable bonds is 10. The largest absolute Gasteiger partial charge is 0.352 e. The van der Waals surface area contributed by atoms with Gasteiger partial charge in [0, 0.05) is 29.8 Å². The van der Waals surface area contributed by atoms with Crippen molar-refractivity contribution in [3.63, 3.8) is 0 Å². The third kappa shape index (κ3) is 6.34. The maximum Gasteiger partial charge on any atom is 0.319 e. The number of hydrogen-bond acceptors (Lipinski definition) is 4. The standard InChI is InChI=1S/C27H40N4O4/c1-25-13-19-14-26(2,16-25)18-27(15-19,17-25)30-24(34)29-21-10-8-20(9-11-21)23(33)28-12-6-4-3-5-7-22(32)31-35/h8-11,19,35H,3-7,12-18H2,1-2H3,(H,28,33)(H,31,32)(H2,29,30,34)/t19?,25-,26+,27?. The number of hydroxylamine groups is 1. The molecule has 192 valence electrons. The van der Waals surface area contributed by atoms with E-state index in [0.29, 0.717) is 47.4 Å². The topological polar surface area (TPSA) is 120 Å². The lowest BCUT2D eigenvalue weighted by Gasteiger charge is -2.65. The van der Waals surface area contributed by atoms with E-state index in [1.54, 1.807) is 29.7 Å². The van der Waals surface area contributed by atoms with E-state index in [4.69, 9.17) is 5.21 Å². The highest BCUT2D eigenvalue weighted by Gasteiger charge is 2.60. The van der Waals surface area contributed by atoms with Crippen molar-refractivity contribution in [2.75, 3.05) is 11.9 Å². The van der Waals surface area contributed by atoms with Gasteiger partial charge in [-0.05, 0) is 92.4 Å². The highest BCUT2D eigenvalue weighted by molar-refractivity contribution is 5.95. The fourth-order valence-electron chi connectivity index (χ4n) is 7.82. The molecule has 4 saturated carbocycles. The average molecular weight is 485 g/mol. The van der Waals surface area contributed by atoms with Gasteiger partial charge in [-0.3, -0.25) is 14.8 Å². The van der Waals surface area contributed by atoms with Gasteiger partial charge < -0.3 is 16.0 Å². The normalized spacial score (nSPS) is 30.5. The first kappa shape index (κ1) is 25.5. The molecule has 0 aromatic heterocycles. The lowest BCUT2D eigenvalue weighted by molar-refractivity contribution is -0.129. The predicted molar refractivity (Wildman–Crippen MR) is 134 cm³/mol. The molecule has 8 heteroatoms. The first-order chi connectivity index (χ1) is 16.6. The number of hydrogen-bond donors (Lipinski definition) is 5. The molecule has 4 bridgehead atoms. The Morgan fingerprint density at radius 3 is 2.20 bits per heavy atom. The Morgan fingerprint density at radius 1 is 0.914 bits per heavy atom. The average Bonchev–Trinajstić information content (AvgIpc) is 2.75. The molecular formula is C27H40N4O4. The quantitative estimate of drug-likeness (QED) is 0.187. The molecule has 0 heterocycles. The molecule has 4 fully saturated rings. The Morgan fingerprint density at radius 2 is 1.57 bits per heavy atom. The van der Waals surface area contributed by atoms with Crippen LogP contribution in [-0.2, 0) is 4.79 Å². The van der Waals surface area contributed by atoms with Crippen LogP contribution in [0.1, 0.15) is 94.8 Å². The Hall–Kier alpha value is -2.61. The van der Waals surface area contributed by atoms with E-state index in [1.807, 2.05) is 0 Å². The molecule has 1 aromatic carbocycles. The van der Waals surface area contributed by atoms with Crippen LogP contribution in [0.4, 0.5) is 10.5 Å². The summed E-state index contributed by atoms with van der Waals surface area (Å²) in [4.78, 5) is 36.2. The molecule has 2 unspecified atom stereocenters. The molecule has 5 rings (SSSR count). The van der Waals surface area contributed by atoms with Gasteiger partial charge in [-0.15, -0.1) is 0 Å². The van der Waals surface area contributed by atoms with Gasteiger partial charge in [-0.25, -0.2) is 10.3 Å². The number of benzene rings is 1. The molecule has 4 amide bonds. The van der Waals surface area contributed by atoms with E-state index in [2.05, 4.69) is 29.8 Å². The minimum absolute atomic E-state index is 0.0991. The summed E-state index contributed by atoms with van der Waals surface area (Å²) < 4.78 is 0. The molecule has 5 N–H and O–H groups in total. The van der Waals surface area contributed by atoms with Crippen LogP contribution >= 0.6 is 0 Å². The van der Waals surface area contributed by atoms with Crippen molar-refractivity contribution in [1.29, 1.82) is 0 Å². The van der Waals surface area contributed by atoms with Crippen molar-refractivity contribution in [2.24, 2.45) is 16.7 Å². The summed E-state index contributed by atoms with van der Waals surface area (Å²) in [5.41, 5.74) is 3.43. The molecule has 4 aliphatic carbocycles. The van der Waals surface area contributed by atoms with Gasteiger partial charge >= 0.3 is 6.03 Å². The van der Waals surface area contributed by atoms with Crippen LogP contribution in [0.5, 0.6) is 0 Å². The number of anilines is 1. The highest BCUT2D eigenvalue weighted by Crippen LogP contribution is 2.66. The maximum absolute atomic E-state index is 12.9. The third-order valence-corrected chi connectivity index (χ3v) is 8.15. The monoisotopic (exact) mass is 484 g/mol. The van der Waals surface area contributed by atoms with E-state index in [9.17, 15) is 14.4 Å². The second-order valence-electron chi connectivity index (χ2n) is 12.0. The number of urea groups is 1. The molecular weight excluding hydrogens is 444 g/mol. The molecule has 0 saturated heterocycles. The van der Waals surface area contributed by atoms with Crippen molar-refractivity contribution in [1.82, 2.24) is 16.1 Å². The van der Waals surface area contributed by atoms with Crippen molar-refractivity contribution in [3.8, 4) is 0 Å². The van der Waals surface area contributed by atoms with Crippen LogP contribution < -0.4 is 21.4 Å². The Kier molecular flexibility index (Phi) is 7.40. The Labute approximate surface area is 208 Å². The Balaban J connectivity index is 1.20. The number of carbonyl (C=O) groups excluding carboxylic acids is 3. The highest BCUT2D eigenvalue weighted by atomic mass is 16.5. The minimum atomic E-state index is -0.370. The zero-order valence-corrected chi connectivity index (χ0v) is 21.0. The summed E-state index contributed by atoms with van der Waals surface area (Å²) in [6.07, 6.45) is 10.7. The molecule has 1 aromatic rings. The van der Waals surface area contributed by atoms with Crippen molar-refractivity contribution in [2.45, 2.75) is 90.0 Å².